The van der Waals surface area contributed by atoms with Gasteiger partial charge in [0.2, 0.25) is 5.75 Å². The highest BCUT2D eigenvalue weighted by Gasteiger charge is 2.33. The maximum absolute atomic E-state index is 12.6. The van der Waals surface area contributed by atoms with E-state index in [1.54, 1.807) is 0 Å². The van der Waals surface area contributed by atoms with Crippen LogP contribution in [-0.2, 0) is 6.18 Å². The van der Waals surface area contributed by atoms with E-state index in [0.717, 1.165) is 18.2 Å². The van der Waals surface area contributed by atoms with Crippen molar-refractivity contribution in [2.45, 2.75) is 6.18 Å². The third-order valence-corrected chi connectivity index (χ3v) is 2.68. The van der Waals surface area contributed by atoms with Gasteiger partial charge in [-0.15, -0.1) is 5.10 Å². The van der Waals surface area contributed by atoms with Gasteiger partial charge in [-0.3, -0.25) is 0 Å². The summed E-state index contributed by atoms with van der Waals surface area (Å²) in [4.78, 5) is 0. The molecule has 0 bridgehead atoms. The SMILES string of the molecule is FC(F)(F)c1ccc2c(c1)Oc1cnnc(Cl)c1O2. The number of rotatable bonds is 0. The van der Waals surface area contributed by atoms with Gasteiger partial charge < -0.3 is 9.47 Å². The maximum Gasteiger partial charge on any atom is 0.416 e. The van der Waals surface area contributed by atoms with E-state index >= 15 is 0 Å². The normalized spacial score (nSPS) is 13.1. The number of benzene rings is 1. The number of ether oxygens (including phenoxy) is 2. The molecule has 4 nitrogen and oxygen atoms in total. The van der Waals surface area contributed by atoms with Gasteiger partial charge in [-0.05, 0) is 18.2 Å². The summed E-state index contributed by atoms with van der Waals surface area (Å²) in [5, 5.41) is 7.06. The highest BCUT2D eigenvalue weighted by Crippen LogP contribution is 2.48. The molecule has 1 aliphatic rings. The molecule has 0 saturated heterocycles. The third-order valence-electron chi connectivity index (χ3n) is 2.43. The van der Waals surface area contributed by atoms with E-state index in [9.17, 15) is 13.2 Å². The van der Waals surface area contributed by atoms with Gasteiger partial charge in [-0.25, -0.2) is 0 Å². The van der Waals surface area contributed by atoms with Gasteiger partial charge in [-0.2, -0.15) is 18.3 Å². The zero-order chi connectivity index (χ0) is 13.6. The topological polar surface area (TPSA) is 44.2 Å². The van der Waals surface area contributed by atoms with E-state index < -0.39 is 11.7 Å². The van der Waals surface area contributed by atoms with Crippen molar-refractivity contribution >= 4 is 11.6 Å². The Morgan fingerprint density at radius 2 is 1.84 bits per heavy atom. The summed E-state index contributed by atoms with van der Waals surface area (Å²) in [5.74, 6) is 0.331. The zero-order valence-electron chi connectivity index (χ0n) is 9.03. The Kier molecular flexibility index (Phi) is 2.53. The van der Waals surface area contributed by atoms with Crippen molar-refractivity contribution in [1.82, 2.24) is 10.2 Å². The molecular weight excluding hydrogens is 285 g/mol. The Bertz CT molecular complexity index is 661. The van der Waals surface area contributed by atoms with Crippen LogP contribution in [0, 0.1) is 0 Å². The van der Waals surface area contributed by atoms with Crippen molar-refractivity contribution in [3.63, 3.8) is 0 Å². The fraction of sp³-hybridized carbons (Fsp3) is 0.0909. The van der Waals surface area contributed by atoms with Crippen LogP contribution in [0.5, 0.6) is 23.0 Å². The molecule has 0 fully saturated rings. The van der Waals surface area contributed by atoms with E-state index in [0.29, 0.717) is 0 Å². The Balaban J connectivity index is 2.06. The van der Waals surface area contributed by atoms with Crippen molar-refractivity contribution in [1.29, 1.82) is 0 Å². The molecule has 1 aromatic carbocycles. The van der Waals surface area contributed by atoms with Crippen molar-refractivity contribution in [3.05, 3.63) is 35.1 Å². The minimum Gasteiger partial charge on any atom is -0.448 e. The maximum atomic E-state index is 12.6. The zero-order valence-corrected chi connectivity index (χ0v) is 9.79. The predicted molar refractivity (Wildman–Crippen MR) is 58.6 cm³/mol. The average Bonchev–Trinajstić information content (AvgIpc) is 2.35. The summed E-state index contributed by atoms with van der Waals surface area (Å²) in [6.07, 6.45) is -3.24. The van der Waals surface area contributed by atoms with Crippen LogP contribution in [0.25, 0.3) is 0 Å². The molecule has 98 valence electrons. The van der Waals surface area contributed by atoms with Crippen molar-refractivity contribution < 1.29 is 22.6 Å². The molecule has 1 aromatic heterocycles. The second kappa shape index (κ2) is 3.99. The summed E-state index contributed by atoms with van der Waals surface area (Å²) >= 11 is 5.75. The lowest BCUT2D eigenvalue weighted by molar-refractivity contribution is -0.137. The van der Waals surface area contributed by atoms with Gasteiger partial charge in [0.25, 0.3) is 0 Å². The summed E-state index contributed by atoms with van der Waals surface area (Å²) in [7, 11) is 0. The number of hydrogen-bond acceptors (Lipinski definition) is 4. The summed E-state index contributed by atoms with van der Waals surface area (Å²) < 4.78 is 48.4. The first-order valence-electron chi connectivity index (χ1n) is 5.03. The first kappa shape index (κ1) is 12.0. The van der Waals surface area contributed by atoms with Gasteiger partial charge in [0.1, 0.15) is 0 Å². The van der Waals surface area contributed by atoms with Gasteiger partial charge in [-0.1, -0.05) is 11.6 Å². The fourth-order valence-electron chi connectivity index (χ4n) is 1.58. The number of alkyl halides is 3. The van der Waals surface area contributed by atoms with Crippen molar-refractivity contribution in [3.8, 4) is 23.0 Å². The number of nitrogens with zero attached hydrogens (tertiary/aromatic N) is 2. The lowest BCUT2D eigenvalue weighted by atomic mass is 10.2. The quantitative estimate of drug-likeness (QED) is 0.626. The molecule has 0 spiro atoms. The van der Waals surface area contributed by atoms with E-state index in [-0.39, 0.29) is 28.2 Å². The molecule has 2 heterocycles. The van der Waals surface area contributed by atoms with Crippen LogP contribution in [0.4, 0.5) is 13.2 Å². The molecule has 19 heavy (non-hydrogen) atoms. The minimum atomic E-state index is -4.45. The molecule has 0 atom stereocenters. The van der Waals surface area contributed by atoms with Gasteiger partial charge in [0.15, 0.2) is 22.4 Å². The van der Waals surface area contributed by atoms with Crippen LogP contribution in [0.2, 0.25) is 5.15 Å². The molecule has 3 rings (SSSR count). The number of halogens is 4. The van der Waals surface area contributed by atoms with Gasteiger partial charge >= 0.3 is 6.18 Å². The lowest BCUT2D eigenvalue weighted by Crippen LogP contribution is -2.07. The molecule has 0 aliphatic carbocycles. The van der Waals surface area contributed by atoms with Crippen molar-refractivity contribution in [2.75, 3.05) is 0 Å². The summed E-state index contributed by atoms with van der Waals surface area (Å²) in [6.45, 7) is 0. The van der Waals surface area contributed by atoms with Gasteiger partial charge in [0.05, 0.1) is 11.8 Å². The van der Waals surface area contributed by atoms with Crippen LogP contribution in [0.1, 0.15) is 5.56 Å². The lowest BCUT2D eigenvalue weighted by Gasteiger charge is -2.21. The second-order valence-electron chi connectivity index (χ2n) is 3.69. The average molecular weight is 289 g/mol. The number of aromatic nitrogens is 2. The predicted octanol–water partition coefficient (Wildman–Crippen LogP) is 4.05. The molecule has 0 amide bonds. The molecule has 0 radical (unpaired) electrons. The second-order valence-corrected chi connectivity index (χ2v) is 4.05. The van der Waals surface area contributed by atoms with Crippen LogP contribution in [-0.4, -0.2) is 10.2 Å². The Labute approximate surface area is 109 Å². The first-order valence-corrected chi connectivity index (χ1v) is 5.41. The largest absolute Gasteiger partial charge is 0.448 e. The molecular formula is C11H4ClF3N2O2. The Morgan fingerprint density at radius 1 is 1.05 bits per heavy atom. The molecule has 2 aromatic rings. The third kappa shape index (κ3) is 2.06. The molecule has 0 saturated carbocycles. The number of fused-ring (bicyclic) bond motifs is 2. The van der Waals surface area contributed by atoms with E-state index in [4.69, 9.17) is 21.1 Å². The molecule has 0 N–H and O–H groups in total. The molecule has 0 unspecified atom stereocenters. The van der Waals surface area contributed by atoms with Crippen LogP contribution in [0.3, 0.4) is 0 Å². The van der Waals surface area contributed by atoms with E-state index in [1.165, 1.54) is 6.20 Å². The monoisotopic (exact) mass is 288 g/mol. The van der Waals surface area contributed by atoms with Crippen LogP contribution in [0.15, 0.2) is 24.4 Å². The van der Waals surface area contributed by atoms with Crippen molar-refractivity contribution in [2.24, 2.45) is 0 Å². The number of hydrogen-bond donors (Lipinski definition) is 0. The van der Waals surface area contributed by atoms with Crippen LogP contribution < -0.4 is 9.47 Å². The van der Waals surface area contributed by atoms with E-state index in [2.05, 4.69) is 10.2 Å². The molecule has 1 aliphatic heterocycles. The summed E-state index contributed by atoms with van der Waals surface area (Å²) in [5.41, 5.74) is -0.827. The van der Waals surface area contributed by atoms with Crippen LogP contribution >= 0.6 is 11.6 Å². The smallest absolute Gasteiger partial charge is 0.416 e. The highest BCUT2D eigenvalue weighted by molar-refractivity contribution is 6.31. The minimum absolute atomic E-state index is 0.0250. The molecule has 8 heteroatoms. The first-order chi connectivity index (χ1) is 8.95. The highest BCUT2D eigenvalue weighted by atomic mass is 35.5. The fourth-order valence-corrected chi connectivity index (χ4v) is 1.76. The summed E-state index contributed by atoms with van der Waals surface area (Å²) in [6, 6.07) is 2.92. The Morgan fingerprint density at radius 3 is 2.58 bits per heavy atom. The van der Waals surface area contributed by atoms with Gasteiger partial charge in [0, 0.05) is 0 Å². The standard InChI is InChI=1S/C11H4ClF3N2O2/c12-10-9-8(4-16-17-10)18-7-3-5(11(13,14)15)1-2-6(7)19-9/h1-4H. The Hall–Kier alpha value is -2.02. The van der Waals surface area contributed by atoms with E-state index in [1.807, 2.05) is 0 Å².